The highest BCUT2D eigenvalue weighted by atomic mass is 28.3. The zero-order valence-corrected chi connectivity index (χ0v) is 37.2. The smallest absolute Gasteiger partial charge is 0.188 e. The second kappa shape index (κ2) is 15.5. The Morgan fingerprint density at radius 2 is 0.625 bits per heavy atom. The van der Waals surface area contributed by atoms with E-state index in [-0.39, 0.29) is 0 Å². The summed E-state index contributed by atoms with van der Waals surface area (Å²) in [6, 6.07) is 96.6. The number of fused-ring (bicyclic) bond motifs is 8. The Kier molecular flexibility index (Phi) is 9.22. The lowest BCUT2D eigenvalue weighted by atomic mass is 10.0. The lowest BCUT2D eigenvalue weighted by Gasteiger charge is -2.50. The quantitative estimate of drug-likeness (QED) is 0.148. The van der Waals surface area contributed by atoms with Crippen LogP contribution in [-0.4, -0.2) is 16.1 Å². The molecule has 2 heterocycles. The molecule has 0 aromatic heterocycles. The first kappa shape index (κ1) is 38.0. The molecule has 302 valence electrons. The van der Waals surface area contributed by atoms with Crippen LogP contribution in [0.25, 0.3) is 22.3 Å². The maximum absolute atomic E-state index is 7.40. The van der Waals surface area contributed by atoms with Crippen molar-refractivity contribution in [3.05, 3.63) is 261 Å². The van der Waals surface area contributed by atoms with E-state index in [9.17, 15) is 0 Å². The van der Waals surface area contributed by atoms with Crippen molar-refractivity contribution in [1.29, 1.82) is 0 Å². The Bertz CT molecular complexity index is 3110. The number of anilines is 3. The van der Waals surface area contributed by atoms with Crippen molar-refractivity contribution in [1.82, 2.24) is 0 Å². The van der Waals surface area contributed by atoms with Gasteiger partial charge in [-0.2, -0.15) is 0 Å². The van der Waals surface area contributed by atoms with Crippen LogP contribution in [0.15, 0.2) is 261 Å². The van der Waals surface area contributed by atoms with Crippen molar-refractivity contribution < 1.29 is 4.74 Å². The van der Waals surface area contributed by atoms with Crippen LogP contribution in [0, 0.1) is 0 Å². The molecule has 0 bridgehead atoms. The number of hydrogen-bond donors (Lipinski definition) is 0. The fraction of sp³-hybridized carbons (Fsp3) is 0. The van der Waals surface area contributed by atoms with Crippen molar-refractivity contribution in [2.75, 3.05) is 4.90 Å². The van der Waals surface area contributed by atoms with Gasteiger partial charge in [-0.1, -0.05) is 224 Å². The van der Waals surface area contributed by atoms with Gasteiger partial charge in [0.15, 0.2) is 21.9 Å². The van der Waals surface area contributed by atoms with Crippen LogP contribution in [0.4, 0.5) is 17.1 Å². The summed E-state index contributed by atoms with van der Waals surface area (Å²) < 4.78 is 7.40. The molecule has 0 saturated carbocycles. The predicted octanol–water partition coefficient (Wildman–Crippen LogP) is 9.66. The monoisotopic (exact) mass is 849 g/mol. The summed E-state index contributed by atoms with van der Waals surface area (Å²) in [5, 5.41) is 11.1. The Morgan fingerprint density at radius 1 is 0.266 bits per heavy atom. The molecule has 2 aliphatic rings. The zero-order chi connectivity index (χ0) is 42.5. The van der Waals surface area contributed by atoms with E-state index in [0.29, 0.717) is 0 Å². The summed E-state index contributed by atoms with van der Waals surface area (Å²) in [5.74, 6) is 1.83. The molecule has 10 aromatic rings. The van der Waals surface area contributed by atoms with Gasteiger partial charge in [-0.15, -0.1) is 0 Å². The van der Waals surface area contributed by atoms with Gasteiger partial charge in [0, 0.05) is 11.4 Å². The Labute approximate surface area is 377 Å². The largest absolute Gasteiger partial charge is 0.455 e. The second-order valence-electron chi connectivity index (χ2n) is 16.7. The van der Waals surface area contributed by atoms with Crippen molar-refractivity contribution >= 4 is 74.7 Å². The van der Waals surface area contributed by atoms with Gasteiger partial charge in [0.2, 0.25) is 0 Å². The maximum Gasteiger partial charge on any atom is 0.188 e. The first-order valence-corrected chi connectivity index (χ1v) is 26.1. The third-order valence-electron chi connectivity index (χ3n) is 13.5. The highest BCUT2D eigenvalue weighted by molar-refractivity contribution is 7.33. The van der Waals surface area contributed by atoms with Crippen LogP contribution in [0.1, 0.15) is 0 Å². The topological polar surface area (TPSA) is 12.5 Å². The molecular weight excluding hydrogens is 807 g/mol. The summed E-state index contributed by atoms with van der Waals surface area (Å²) >= 11 is 0. The molecule has 0 aliphatic carbocycles. The van der Waals surface area contributed by atoms with Crippen LogP contribution in [0.2, 0.25) is 0 Å². The molecule has 1 spiro atoms. The first-order valence-electron chi connectivity index (χ1n) is 22.1. The summed E-state index contributed by atoms with van der Waals surface area (Å²) in [6.07, 6.45) is 0. The highest BCUT2D eigenvalue weighted by Gasteiger charge is 2.59. The lowest BCUT2D eigenvalue weighted by Crippen LogP contribution is -2.93. The molecule has 0 saturated heterocycles. The van der Waals surface area contributed by atoms with Crippen molar-refractivity contribution in [2.24, 2.45) is 0 Å². The van der Waals surface area contributed by atoms with E-state index >= 15 is 0 Å². The molecule has 12 rings (SSSR count). The molecule has 0 unspecified atom stereocenters. The van der Waals surface area contributed by atoms with E-state index in [2.05, 4.69) is 266 Å². The van der Waals surface area contributed by atoms with Gasteiger partial charge in [-0.3, -0.25) is 0 Å². The molecule has 4 heteroatoms. The number of rotatable bonds is 7. The molecule has 0 radical (unpaired) electrons. The third-order valence-corrected chi connectivity index (χ3v) is 23.8. The molecule has 64 heavy (non-hydrogen) atoms. The second-order valence-corrected chi connectivity index (χ2v) is 24.1. The van der Waals surface area contributed by atoms with Crippen LogP contribution < -0.4 is 51.1 Å². The van der Waals surface area contributed by atoms with Gasteiger partial charge in [0.25, 0.3) is 0 Å². The zero-order valence-electron chi connectivity index (χ0n) is 35.2. The molecule has 10 aromatic carbocycles. The van der Waals surface area contributed by atoms with E-state index in [4.69, 9.17) is 4.74 Å². The molecule has 2 nitrogen and oxygen atoms in total. The van der Waals surface area contributed by atoms with E-state index in [1.165, 1.54) is 63.7 Å². The summed E-state index contributed by atoms with van der Waals surface area (Å²) in [6.45, 7) is 0. The lowest BCUT2D eigenvalue weighted by molar-refractivity contribution is 0.488. The fourth-order valence-electron chi connectivity index (χ4n) is 10.8. The normalized spacial score (nSPS) is 13.7. The molecule has 0 atom stereocenters. The number of nitrogens with zero attached hydrogens (tertiary/aromatic N) is 1. The number of para-hydroxylation sites is 2. The van der Waals surface area contributed by atoms with Gasteiger partial charge >= 0.3 is 0 Å². The van der Waals surface area contributed by atoms with Crippen LogP contribution in [-0.2, 0) is 0 Å². The molecule has 0 amide bonds. The SMILES string of the molecule is c1ccc(-c2ccc(N(c3ccc(-c4ccccc4)cc3)c3cccc4c3Oc3ccccc3[Si]43c4ccccc4[Si](c4ccccc4)(c4ccccc4)c4ccccc43)cc2)cc1. The van der Waals surface area contributed by atoms with Crippen LogP contribution >= 0.6 is 0 Å². The average molecular weight is 850 g/mol. The maximum atomic E-state index is 7.40. The van der Waals surface area contributed by atoms with E-state index in [0.717, 1.165) is 28.6 Å². The van der Waals surface area contributed by atoms with E-state index in [1.54, 1.807) is 0 Å². The van der Waals surface area contributed by atoms with Gasteiger partial charge in [0.05, 0.1) is 5.69 Å². The van der Waals surface area contributed by atoms with Crippen molar-refractivity contribution in [3.8, 4) is 33.8 Å². The summed E-state index contributed by atoms with van der Waals surface area (Å²) in [4.78, 5) is 2.39. The standard InChI is InChI=1S/C60H43NOSi2/c1-5-20-44(21-6-1)46-36-40-48(41-37-46)61(49-42-38-47(39-43-49)45-22-7-2-8-23-45)52-28-19-35-59-60(52)62-53-29-13-14-30-54(53)64(59)57-33-17-15-31-55(57)63(50-24-9-3-10-25-50,51-26-11-4-12-27-51)56-32-16-18-34-58(56)64/h1-43H. The fourth-order valence-corrected chi connectivity index (χ4v) is 23.1. The minimum Gasteiger partial charge on any atom is -0.455 e. The van der Waals surface area contributed by atoms with E-state index in [1.807, 2.05) is 0 Å². The Morgan fingerprint density at radius 3 is 1.09 bits per heavy atom. The summed E-state index contributed by atoms with van der Waals surface area (Å²) in [7, 11) is -5.96. The third kappa shape index (κ3) is 5.77. The molecular formula is C60H43NOSi2. The number of benzene rings is 10. The van der Waals surface area contributed by atoms with E-state index < -0.39 is 16.1 Å². The average Bonchev–Trinajstić information content (AvgIpc) is 3.38. The molecule has 0 fully saturated rings. The molecule has 0 N–H and O–H groups in total. The van der Waals surface area contributed by atoms with Crippen LogP contribution in [0.5, 0.6) is 11.5 Å². The predicted molar refractivity (Wildman–Crippen MR) is 273 cm³/mol. The molecule has 2 aliphatic heterocycles. The van der Waals surface area contributed by atoms with Crippen LogP contribution in [0.3, 0.4) is 0 Å². The van der Waals surface area contributed by atoms with Crippen molar-refractivity contribution in [3.63, 3.8) is 0 Å². The van der Waals surface area contributed by atoms with Gasteiger partial charge in [-0.05, 0) is 100 Å². The number of hydrogen-bond acceptors (Lipinski definition) is 2. The highest BCUT2D eigenvalue weighted by Crippen LogP contribution is 2.44. The van der Waals surface area contributed by atoms with Gasteiger partial charge in [-0.25, -0.2) is 0 Å². The Hall–Kier alpha value is -7.77. The number of ether oxygens (including phenoxy) is 1. The minimum atomic E-state index is -3.11. The Balaban J connectivity index is 1.14. The summed E-state index contributed by atoms with van der Waals surface area (Å²) in [5.41, 5.74) is 7.86. The minimum absolute atomic E-state index is 0.908. The first-order chi connectivity index (χ1) is 31.8. The van der Waals surface area contributed by atoms with Gasteiger partial charge in [0.1, 0.15) is 5.75 Å². The van der Waals surface area contributed by atoms with Crippen molar-refractivity contribution in [2.45, 2.75) is 0 Å². The van der Waals surface area contributed by atoms with Gasteiger partial charge < -0.3 is 9.64 Å².